The Morgan fingerprint density at radius 1 is 1.37 bits per heavy atom. The highest BCUT2D eigenvalue weighted by Gasteiger charge is 2.21. The van der Waals surface area contributed by atoms with Gasteiger partial charge in [-0.3, -0.25) is 4.79 Å². The minimum absolute atomic E-state index is 0.416. The largest absolute Gasteiger partial charge is 0.504 e. The zero-order chi connectivity index (χ0) is 14.0. The van der Waals surface area contributed by atoms with E-state index in [9.17, 15) is 14.7 Å². The maximum atomic E-state index is 11.9. The number of rotatable bonds is 2. The van der Waals surface area contributed by atoms with Crippen LogP contribution in [0.25, 0.3) is 5.69 Å². The van der Waals surface area contributed by atoms with Gasteiger partial charge < -0.3 is 9.84 Å². The van der Waals surface area contributed by atoms with E-state index >= 15 is 0 Å². The van der Waals surface area contributed by atoms with E-state index in [0.717, 1.165) is 11.8 Å². The fourth-order valence-corrected chi connectivity index (χ4v) is 1.64. The Hall–Kier alpha value is -2.34. The van der Waals surface area contributed by atoms with Gasteiger partial charge in [0.2, 0.25) is 5.69 Å². The monoisotopic (exact) mass is 280 g/mol. The molecule has 7 heteroatoms. The maximum Gasteiger partial charge on any atom is 0.362 e. The summed E-state index contributed by atoms with van der Waals surface area (Å²) in [5, 5.41) is 12.9. The number of ether oxygens (including phenoxy) is 1. The first-order valence-corrected chi connectivity index (χ1v) is 5.59. The molecule has 0 amide bonds. The minimum atomic E-state index is -0.885. The number of aromatic nitrogens is 2. The average Bonchev–Trinajstić information content (AvgIpc) is 2.45. The average molecular weight is 281 g/mol. The van der Waals surface area contributed by atoms with Gasteiger partial charge in [-0.25, -0.2) is 4.79 Å². The number of methoxy groups -OCH3 is 1. The molecule has 6 nitrogen and oxygen atoms in total. The number of carbonyl (C=O) groups is 1. The molecule has 0 radical (unpaired) electrons. The highest BCUT2D eigenvalue weighted by molar-refractivity contribution is 6.32. The second-order valence-corrected chi connectivity index (χ2v) is 3.93. The third kappa shape index (κ3) is 2.30. The van der Waals surface area contributed by atoms with Crippen LogP contribution in [0, 0.1) is 0 Å². The van der Waals surface area contributed by atoms with E-state index in [1.54, 1.807) is 30.3 Å². The number of nitrogens with zero attached hydrogens (tertiary/aromatic N) is 2. The molecule has 0 atom stereocenters. The van der Waals surface area contributed by atoms with Crippen LogP contribution >= 0.6 is 11.6 Å². The predicted octanol–water partition coefficient (Wildman–Crippen LogP) is 1.38. The second-order valence-electron chi connectivity index (χ2n) is 3.56. The molecule has 0 fully saturated rings. The van der Waals surface area contributed by atoms with Gasteiger partial charge in [-0.1, -0.05) is 29.8 Å². The number of para-hydroxylation sites is 1. The third-order valence-corrected chi connectivity index (χ3v) is 2.73. The number of benzene rings is 1. The molecule has 1 N–H and O–H groups in total. The minimum Gasteiger partial charge on any atom is -0.504 e. The van der Waals surface area contributed by atoms with Crippen LogP contribution < -0.4 is 5.56 Å². The number of hydrogen-bond donors (Lipinski definition) is 1. The zero-order valence-electron chi connectivity index (χ0n) is 9.83. The van der Waals surface area contributed by atoms with Crippen LogP contribution in [0.2, 0.25) is 5.02 Å². The Balaban J connectivity index is 2.73. The molecule has 19 heavy (non-hydrogen) atoms. The van der Waals surface area contributed by atoms with E-state index in [1.165, 1.54) is 0 Å². The standard InChI is InChI=1S/C12H9ClN2O4/c1-19-12(18)9-10(16)8(13)11(17)15(14-9)7-5-3-2-4-6-7/h2-6,16H,1H3. The summed E-state index contributed by atoms with van der Waals surface area (Å²) in [4.78, 5) is 23.4. The summed E-state index contributed by atoms with van der Waals surface area (Å²) in [6.45, 7) is 0. The molecule has 98 valence electrons. The van der Waals surface area contributed by atoms with E-state index in [-0.39, 0.29) is 0 Å². The summed E-state index contributed by atoms with van der Waals surface area (Å²) >= 11 is 5.71. The highest BCUT2D eigenvalue weighted by atomic mass is 35.5. The van der Waals surface area contributed by atoms with Gasteiger partial charge in [0.1, 0.15) is 0 Å². The molecule has 1 heterocycles. The molecule has 0 saturated carbocycles. The molecule has 2 rings (SSSR count). The van der Waals surface area contributed by atoms with Crippen molar-refractivity contribution in [2.75, 3.05) is 7.11 Å². The van der Waals surface area contributed by atoms with Crippen molar-refractivity contribution in [2.24, 2.45) is 0 Å². The van der Waals surface area contributed by atoms with Crippen molar-refractivity contribution in [1.29, 1.82) is 0 Å². The van der Waals surface area contributed by atoms with Crippen LogP contribution in [-0.4, -0.2) is 28.0 Å². The second kappa shape index (κ2) is 5.11. The van der Waals surface area contributed by atoms with Crippen molar-refractivity contribution in [3.8, 4) is 11.4 Å². The van der Waals surface area contributed by atoms with Gasteiger partial charge in [0.05, 0.1) is 12.8 Å². The smallest absolute Gasteiger partial charge is 0.362 e. The van der Waals surface area contributed by atoms with Crippen LogP contribution in [0.4, 0.5) is 0 Å². The Morgan fingerprint density at radius 3 is 2.58 bits per heavy atom. The topological polar surface area (TPSA) is 81.4 Å². The number of aromatic hydroxyl groups is 1. The summed E-state index contributed by atoms with van der Waals surface area (Å²) in [5.41, 5.74) is -0.728. The summed E-state index contributed by atoms with van der Waals surface area (Å²) < 4.78 is 5.39. The number of esters is 1. The van der Waals surface area contributed by atoms with E-state index < -0.39 is 28.0 Å². The van der Waals surface area contributed by atoms with Gasteiger partial charge in [-0.05, 0) is 12.1 Å². The van der Waals surface area contributed by atoms with Crippen LogP contribution in [0.3, 0.4) is 0 Å². The molecule has 0 bridgehead atoms. The van der Waals surface area contributed by atoms with Gasteiger partial charge >= 0.3 is 5.97 Å². The van der Waals surface area contributed by atoms with Crippen LogP contribution in [0.1, 0.15) is 10.5 Å². The van der Waals surface area contributed by atoms with Gasteiger partial charge in [0.25, 0.3) is 5.56 Å². The highest BCUT2D eigenvalue weighted by Crippen LogP contribution is 2.23. The normalized spacial score (nSPS) is 10.2. The fraction of sp³-hybridized carbons (Fsp3) is 0.0833. The quantitative estimate of drug-likeness (QED) is 0.841. The van der Waals surface area contributed by atoms with Gasteiger partial charge in [-0.15, -0.1) is 0 Å². The molecule has 1 aromatic heterocycles. The van der Waals surface area contributed by atoms with E-state index in [0.29, 0.717) is 5.69 Å². The number of hydrogen-bond acceptors (Lipinski definition) is 5. The van der Waals surface area contributed by atoms with E-state index in [2.05, 4.69) is 9.84 Å². The fourth-order valence-electron chi connectivity index (χ4n) is 1.47. The molecule has 0 aliphatic carbocycles. The molecule has 1 aromatic carbocycles. The summed E-state index contributed by atoms with van der Waals surface area (Å²) in [6, 6.07) is 8.38. The molecule has 0 spiro atoms. The van der Waals surface area contributed by atoms with Crippen molar-refractivity contribution in [2.45, 2.75) is 0 Å². The van der Waals surface area contributed by atoms with Crippen molar-refractivity contribution >= 4 is 17.6 Å². The van der Waals surface area contributed by atoms with Gasteiger partial charge in [0, 0.05) is 0 Å². The maximum absolute atomic E-state index is 11.9. The molecule has 0 saturated heterocycles. The Labute approximate surface area is 112 Å². The molecular formula is C12H9ClN2O4. The van der Waals surface area contributed by atoms with Crippen molar-refractivity contribution in [1.82, 2.24) is 9.78 Å². The molecule has 2 aromatic rings. The van der Waals surface area contributed by atoms with Crippen molar-refractivity contribution in [3.05, 3.63) is 51.4 Å². The molecular weight excluding hydrogens is 272 g/mol. The molecule has 0 aliphatic heterocycles. The lowest BCUT2D eigenvalue weighted by atomic mass is 10.3. The Kier molecular flexibility index (Phi) is 3.52. The first kappa shape index (κ1) is 13.1. The molecule has 0 aliphatic rings. The molecule has 0 unspecified atom stereocenters. The third-order valence-electron chi connectivity index (χ3n) is 2.39. The summed E-state index contributed by atoms with van der Waals surface area (Å²) in [5.74, 6) is -1.57. The van der Waals surface area contributed by atoms with E-state index in [4.69, 9.17) is 11.6 Å². The van der Waals surface area contributed by atoms with Crippen LogP contribution in [-0.2, 0) is 4.74 Å². The lowest BCUT2D eigenvalue weighted by Gasteiger charge is -2.08. The van der Waals surface area contributed by atoms with Crippen LogP contribution in [0.15, 0.2) is 35.1 Å². The SMILES string of the molecule is COC(=O)c1nn(-c2ccccc2)c(=O)c(Cl)c1O. The van der Waals surface area contributed by atoms with Crippen molar-refractivity contribution in [3.63, 3.8) is 0 Å². The van der Waals surface area contributed by atoms with Gasteiger partial charge in [-0.2, -0.15) is 9.78 Å². The lowest BCUT2D eigenvalue weighted by Crippen LogP contribution is -2.25. The predicted molar refractivity (Wildman–Crippen MR) is 67.8 cm³/mol. The number of halogens is 1. The Morgan fingerprint density at radius 2 is 2.00 bits per heavy atom. The first-order valence-electron chi connectivity index (χ1n) is 5.21. The Bertz CT molecular complexity index is 682. The van der Waals surface area contributed by atoms with Crippen molar-refractivity contribution < 1.29 is 14.6 Å². The zero-order valence-corrected chi connectivity index (χ0v) is 10.6. The van der Waals surface area contributed by atoms with E-state index in [1.807, 2.05) is 0 Å². The van der Waals surface area contributed by atoms with Gasteiger partial charge in [0.15, 0.2) is 10.8 Å². The number of carbonyl (C=O) groups excluding carboxylic acids is 1. The lowest BCUT2D eigenvalue weighted by molar-refractivity contribution is 0.0588. The van der Waals surface area contributed by atoms with Crippen LogP contribution in [0.5, 0.6) is 5.75 Å². The summed E-state index contributed by atoms with van der Waals surface area (Å²) in [6.07, 6.45) is 0. The summed E-state index contributed by atoms with van der Waals surface area (Å²) in [7, 11) is 1.13. The first-order chi connectivity index (χ1) is 9.06.